The fourth-order valence-corrected chi connectivity index (χ4v) is 1.79. The van der Waals surface area contributed by atoms with Gasteiger partial charge in [-0.3, -0.25) is 4.79 Å². The lowest BCUT2D eigenvalue weighted by molar-refractivity contribution is -0.141. The third-order valence-corrected chi connectivity index (χ3v) is 2.80. The van der Waals surface area contributed by atoms with Gasteiger partial charge in [-0.2, -0.15) is 0 Å². The maximum Gasteiger partial charge on any atom is 0.307 e. The van der Waals surface area contributed by atoms with Crippen LogP contribution in [0.5, 0.6) is 0 Å². The summed E-state index contributed by atoms with van der Waals surface area (Å²) in [7, 11) is 1.31. The van der Waals surface area contributed by atoms with Crippen molar-refractivity contribution in [3.63, 3.8) is 0 Å². The first kappa shape index (κ1) is 15.6. The number of benzene rings is 1. The molecule has 1 atom stereocenters. The van der Waals surface area contributed by atoms with Gasteiger partial charge in [-0.1, -0.05) is 25.1 Å². The highest BCUT2D eigenvalue weighted by Gasteiger charge is 2.17. The maximum atomic E-state index is 12.7. The monoisotopic (exact) mass is 271 g/mol. The fraction of sp³-hybridized carbons (Fsp3) is 0.500. The average molecular weight is 271 g/mol. The summed E-state index contributed by atoms with van der Waals surface area (Å²) < 4.78 is 30.0. The van der Waals surface area contributed by atoms with Crippen molar-refractivity contribution in [3.8, 4) is 0 Å². The molecular formula is C14H19F2NO2. The van der Waals surface area contributed by atoms with E-state index in [1.807, 2.05) is 6.92 Å². The zero-order valence-electron chi connectivity index (χ0n) is 11.2. The molecule has 0 aromatic heterocycles. The van der Waals surface area contributed by atoms with Gasteiger partial charge in [-0.25, -0.2) is 8.78 Å². The van der Waals surface area contributed by atoms with Crippen LogP contribution in [0.3, 0.4) is 0 Å². The predicted molar refractivity (Wildman–Crippen MR) is 69.1 cm³/mol. The van der Waals surface area contributed by atoms with E-state index >= 15 is 0 Å². The number of rotatable bonds is 7. The summed E-state index contributed by atoms with van der Waals surface area (Å²) in [6.07, 6.45) is -1.49. The minimum Gasteiger partial charge on any atom is -0.469 e. The van der Waals surface area contributed by atoms with E-state index in [-0.39, 0.29) is 24.0 Å². The number of carbonyl (C=O) groups excluding carboxylic acids is 1. The molecule has 19 heavy (non-hydrogen) atoms. The standard InChI is InChI=1S/C14H19F2NO2/c1-3-7-17-12(9-13(18)19-2)10-5-4-6-11(8-10)14(15)16/h4-6,8,12,14,17H,3,7,9H2,1-2H3. The summed E-state index contributed by atoms with van der Waals surface area (Å²) in [5.74, 6) is -0.365. The molecule has 5 heteroatoms. The van der Waals surface area contributed by atoms with Crippen LogP contribution < -0.4 is 5.32 Å². The van der Waals surface area contributed by atoms with Gasteiger partial charge in [-0.05, 0) is 24.6 Å². The molecule has 0 amide bonds. The molecule has 0 radical (unpaired) electrons. The molecule has 0 fully saturated rings. The second-order valence-corrected chi connectivity index (χ2v) is 4.26. The first-order chi connectivity index (χ1) is 9.08. The van der Waals surface area contributed by atoms with Crippen molar-refractivity contribution in [1.29, 1.82) is 0 Å². The van der Waals surface area contributed by atoms with E-state index in [0.29, 0.717) is 12.1 Å². The molecule has 1 N–H and O–H groups in total. The molecular weight excluding hydrogens is 252 g/mol. The second kappa shape index (κ2) is 7.84. The van der Waals surface area contributed by atoms with Gasteiger partial charge >= 0.3 is 5.97 Å². The van der Waals surface area contributed by atoms with Crippen LogP contribution in [0.4, 0.5) is 8.78 Å². The largest absolute Gasteiger partial charge is 0.469 e. The lowest BCUT2D eigenvalue weighted by Gasteiger charge is -2.18. The number of halogens is 2. The van der Waals surface area contributed by atoms with E-state index in [9.17, 15) is 13.6 Å². The van der Waals surface area contributed by atoms with Crippen molar-refractivity contribution in [2.45, 2.75) is 32.2 Å². The number of nitrogens with one attached hydrogen (secondary N) is 1. The molecule has 0 heterocycles. The third kappa shape index (κ3) is 4.95. The summed E-state index contributed by atoms with van der Waals surface area (Å²) in [5.41, 5.74) is 0.641. The molecule has 0 spiro atoms. The Morgan fingerprint density at radius 3 is 2.63 bits per heavy atom. The van der Waals surface area contributed by atoms with Crippen LogP contribution in [0.25, 0.3) is 0 Å². The number of methoxy groups -OCH3 is 1. The molecule has 0 bridgehead atoms. The molecule has 0 aliphatic rings. The predicted octanol–water partition coefficient (Wildman–Crippen LogP) is 3.23. The quantitative estimate of drug-likeness (QED) is 0.774. The Hall–Kier alpha value is -1.49. The average Bonchev–Trinajstić information content (AvgIpc) is 2.43. The van der Waals surface area contributed by atoms with Crippen LogP contribution in [0, 0.1) is 0 Å². The lowest BCUT2D eigenvalue weighted by atomic mass is 10.0. The Morgan fingerprint density at radius 1 is 1.37 bits per heavy atom. The van der Waals surface area contributed by atoms with Crippen LogP contribution in [-0.2, 0) is 9.53 Å². The Morgan fingerprint density at radius 2 is 2.05 bits per heavy atom. The van der Waals surface area contributed by atoms with Crippen molar-refractivity contribution in [3.05, 3.63) is 35.4 Å². The highest BCUT2D eigenvalue weighted by Crippen LogP contribution is 2.24. The Balaban J connectivity index is 2.88. The molecule has 0 aliphatic heterocycles. The SMILES string of the molecule is CCCNC(CC(=O)OC)c1cccc(C(F)F)c1. The Bertz CT molecular complexity index is 410. The van der Waals surface area contributed by atoms with E-state index in [1.165, 1.54) is 19.2 Å². The molecule has 1 aromatic rings. The zero-order chi connectivity index (χ0) is 14.3. The van der Waals surface area contributed by atoms with Crippen LogP contribution in [0.2, 0.25) is 0 Å². The Kier molecular flexibility index (Phi) is 6.42. The molecule has 0 saturated heterocycles. The lowest BCUT2D eigenvalue weighted by Crippen LogP contribution is -2.25. The van der Waals surface area contributed by atoms with Crippen LogP contribution in [-0.4, -0.2) is 19.6 Å². The van der Waals surface area contributed by atoms with Crippen LogP contribution >= 0.6 is 0 Å². The minimum atomic E-state index is -2.51. The minimum absolute atomic E-state index is 0.0364. The number of carbonyl (C=O) groups is 1. The fourth-order valence-electron chi connectivity index (χ4n) is 1.79. The zero-order valence-corrected chi connectivity index (χ0v) is 11.2. The highest BCUT2D eigenvalue weighted by atomic mass is 19.3. The van der Waals surface area contributed by atoms with E-state index in [4.69, 9.17) is 0 Å². The molecule has 3 nitrogen and oxygen atoms in total. The normalized spacial score (nSPS) is 12.5. The van der Waals surface area contributed by atoms with Crippen LogP contribution in [0.15, 0.2) is 24.3 Å². The van der Waals surface area contributed by atoms with Crippen molar-refractivity contribution in [2.24, 2.45) is 0 Å². The highest BCUT2D eigenvalue weighted by molar-refractivity contribution is 5.70. The van der Waals surface area contributed by atoms with Gasteiger partial charge in [0.1, 0.15) is 0 Å². The van der Waals surface area contributed by atoms with Gasteiger partial charge in [0.25, 0.3) is 6.43 Å². The summed E-state index contributed by atoms with van der Waals surface area (Å²) >= 11 is 0. The molecule has 1 aromatic carbocycles. The van der Waals surface area contributed by atoms with E-state index < -0.39 is 6.43 Å². The third-order valence-electron chi connectivity index (χ3n) is 2.80. The molecule has 0 aliphatic carbocycles. The van der Waals surface area contributed by atoms with Gasteiger partial charge in [0, 0.05) is 11.6 Å². The maximum absolute atomic E-state index is 12.7. The van der Waals surface area contributed by atoms with E-state index in [0.717, 1.165) is 6.42 Å². The smallest absolute Gasteiger partial charge is 0.307 e. The van der Waals surface area contributed by atoms with E-state index in [1.54, 1.807) is 12.1 Å². The second-order valence-electron chi connectivity index (χ2n) is 4.26. The number of hydrogen-bond donors (Lipinski definition) is 1. The molecule has 106 valence electrons. The molecule has 1 unspecified atom stereocenters. The Labute approximate surface area is 112 Å². The van der Waals surface area contributed by atoms with Gasteiger partial charge in [-0.15, -0.1) is 0 Å². The summed E-state index contributed by atoms with van der Waals surface area (Å²) in [6, 6.07) is 5.83. The van der Waals surface area contributed by atoms with Crippen molar-refractivity contribution in [1.82, 2.24) is 5.32 Å². The number of esters is 1. The van der Waals surface area contributed by atoms with Crippen molar-refractivity contribution in [2.75, 3.05) is 13.7 Å². The number of ether oxygens (including phenoxy) is 1. The van der Waals surface area contributed by atoms with Gasteiger partial charge in [0.15, 0.2) is 0 Å². The molecule has 1 rings (SSSR count). The first-order valence-corrected chi connectivity index (χ1v) is 6.26. The summed E-state index contributed by atoms with van der Waals surface area (Å²) in [5, 5.41) is 3.17. The van der Waals surface area contributed by atoms with E-state index in [2.05, 4.69) is 10.1 Å². The first-order valence-electron chi connectivity index (χ1n) is 6.26. The topological polar surface area (TPSA) is 38.3 Å². The molecule has 0 saturated carbocycles. The summed E-state index contributed by atoms with van der Waals surface area (Å²) in [4.78, 5) is 11.4. The number of alkyl halides is 2. The van der Waals surface area contributed by atoms with Crippen molar-refractivity contribution < 1.29 is 18.3 Å². The van der Waals surface area contributed by atoms with Gasteiger partial charge < -0.3 is 10.1 Å². The summed E-state index contributed by atoms with van der Waals surface area (Å²) in [6.45, 7) is 2.71. The van der Waals surface area contributed by atoms with Crippen LogP contribution in [0.1, 0.15) is 43.4 Å². The number of hydrogen-bond acceptors (Lipinski definition) is 3. The van der Waals surface area contributed by atoms with Gasteiger partial charge in [0.05, 0.1) is 13.5 Å². The van der Waals surface area contributed by atoms with Gasteiger partial charge in [0.2, 0.25) is 0 Å². The van der Waals surface area contributed by atoms with Crippen molar-refractivity contribution >= 4 is 5.97 Å².